The van der Waals surface area contributed by atoms with Crippen LogP contribution in [0.1, 0.15) is 30.9 Å². The highest BCUT2D eigenvalue weighted by molar-refractivity contribution is 6.33. The maximum absolute atomic E-state index is 6.41. The molecule has 1 saturated carbocycles. The highest BCUT2D eigenvalue weighted by atomic mass is 35.5. The molecule has 1 aromatic rings. The second kappa shape index (κ2) is 6.01. The number of hydrogen-bond donors (Lipinski definition) is 1. The molecule has 0 bridgehead atoms. The van der Waals surface area contributed by atoms with Crippen LogP contribution in [-0.4, -0.2) is 31.1 Å². The van der Waals surface area contributed by atoms with E-state index in [1.807, 2.05) is 12.1 Å². The van der Waals surface area contributed by atoms with Crippen LogP contribution in [0.15, 0.2) is 18.2 Å². The molecule has 1 aliphatic heterocycles. The SMILES string of the molecule is Clc1ccc(Cl)c([C@@H](CC2CC2)N2CCNCC2)c1. The van der Waals surface area contributed by atoms with Crippen molar-refractivity contribution in [3.8, 4) is 0 Å². The van der Waals surface area contributed by atoms with Crippen LogP contribution in [0.25, 0.3) is 0 Å². The van der Waals surface area contributed by atoms with Gasteiger partial charge in [-0.15, -0.1) is 0 Å². The van der Waals surface area contributed by atoms with E-state index < -0.39 is 0 Å². The first-order valence-corrected chi connectivity index (χ1v) is 7.89. The van der Waals surface area contributed by atoms with Crippen LogP contribution < -0.4 is 5.32 Å². The standard InChI is InChI=1S/C15H20Cl2N2/c16-12-3-4-14(17)13(10-12)15(9-11-1-2-11)19-7-5-18-6-8-19/h3-4,10-11,15,18H,1-2,5-9H2/t15-/m1/s1. The van der Waals surface area contributed by atoms with Crippen molar-refractivity contribution < 1.29 is 0 Å². The highest BCUT2D eigenvalue weighted by Crippen LogP contribution is 2.42. The largest absolute Gasteiger partial charge is 0.314 e. The van der Waals surface area contributed by atoms with Crippen molar-refractivity contribution in [2.45, 2.75) is 25.3 Å². The molecule has 1 N–H and O–H groups in total. The maximum Gasteiger partial charge on any atom is 0.0454 e. The quantitative estimate of drug-likeness (QED) is 0.911. The Kier molecular flexibility index (Phi) is 4.33. The van der Waals surface area contributed by atoms with Gasteiger partial charge in [-0.25, -0.2) is 0 Å². The molecule has 1 saturated heterocycles. The average molecular weight is 299 g/mol. The fourth-order valence-corrected chi connectivity index (χ4v) is 3.33. The molecule has 0 spiro atoms. The third-order valence-corrected chi connectivity index (χ3v) is 4.74. The second-order valence-corrected chi connectivity index (χ2v) is 6.49. The third kappa shape index (κ3) is 3.43. The monoisotopic (exact) mass is 298 g/mol. The Morgan fingerprint density at radius 3 is 2.63 bits per heavy atom. The second-order valence-electron chi connectivity index (χ2n) is 5.65. The Hall–Kier alpha value is -0.280. The molecule has 2 nitrogen and oxygen atoms in total. The summed E-state index contributed by atoms with van der Waals surface area (Å²) in [7, 11) is 0. The van der Waals surface area contributed by atoms with Crippen molar-refractivity contribution in [2.75, 3.05) is 26.2 Å². The number of rotatable bonds is 4. The van der Waals surface area contributed by atoms with E-state index >= 15 is 0 Å². The van der Waals surface area contributed by atoms with Gasteiger partial charge in [-0.1, -0.05) is 36.0 Å². The molecular weight excluding hydrogens is 279 g/mol. The van der Waals surface area contributed by atoms with Gasteiger partial charge in [-0.3, -0.25) is 4.90 Å². The van der Waals surface area contributed by atoms with Gasteiger partial charge in [0.05, 0.1) is 0 Å². The first-order chi connectivity index (χ1) is 9.24. The zero-order valence-electron chi connectivity index (χ0n) is 11.0. The molecule has 1 aliphatic carbocycles. The predicted octanol–water partition coefficient (Wildman–Crippen LogP) is 3.74. The molecule has 0 aromatic heterocycles. The van der Waals surface area contributed by atoms with Crippen LogP contribution in [0.4, 0.5) is 0 Å². The van der Waals surface area contributed by atoms with Gasteiger partial charge in [0, 0.05) is 42.3 Å². The summed E-state index contributed by atoms with van der Waals surface area (Å²) in [5.41, 5.74) is 1.21. The number of nitrogens with one attached hydrogen (secondary N) is 1. The molecular formula is C15H20Cl2N2. The average Bonchev–Trinajstić information content (AvgIpc) is 3.24. The summed E-state index contributed by atoms with van der Waals surface area (Å²) < 4.78 is 0. The van der Waals surface area contributed by atoms with Gasteiger partial charge in [-0.05, 0) is 36.1 Å². The van der Waals surface area contributed by atoms with Crippen molar-refractivity contribution >= 4 is 23.2 Å². The first kappa shape index (κ1) is 13.7. The van der Waals surface area contributed by atoms with Crippen molar-refractivity contribution in [3.63, 3.8) is 0 Å². The number of piperazine rings is 1. The molecule has 1 heterocycles. The molecule has 2 aliphatic rings. The van der Waals surface area contributed by atoms with E-state index in [0.717, 1.165) is 42.1 Å². The van der Waals surface area contributed by atoms with E-state index in [1.54, 1.807) is 0 Å². The fourth-order valence-electron chi connectivity index (χ4n) is 2.91. The van der Waals surface area contributed by atoms with Gasteiger partial charge in [0.25, 0.3) is 0 Å². The molecule has 4 heteroatoms. The first-order valence-electron chi connectivity index (χ1n) is 7.14. The van der Waals surface area contributed by atoms with Gasteiger partial charge < -0.3 is 5.32 Å². The summed E-state index contributed by atoms with van der Waals surface area (Å²) in [5.74, 6) is 0.884. The van der Waals surface area contributed by atoms with Gasteiger partial charge in [0.2, 0.25) is 0 Å². The Labute approximate surface area is 125 Å². The Morgan fingerprint density at radius 2 is 1.95 bits per heavy atom. The lowest BCUT2D eigenvalue weighted by atomic mass is 9.98. The smallest absolute Gasteiger partial charge is 0.0454 e. The Bertz CT molecular complexity index is 440. The molecule has 3 rings (SSSR count). The lowest BCUT2D eigenvalue weighted by molar-refractivity contribution is 0.160. The van der Waals surface area contributed by atoms with Crippen molar-refractivity contribution in [1.29, 1.82) is 0 Å². The predicted molar refractivity (Wildman–Crippen MR) is 81.0 cm³/mol. The highest BCUT2D eigenvalue weighted by Gasteiger charge is 2.31. The number of hydrogen-bond acceptors (Lipinski definition) is 2. The summed E-state index contributed by atoms with van der Waals surface area (Å²) in [6, 6.07) is 6.29. The van der Waals surface area contributed by atoms with E-state index in [2.05, 4.69) is 16.3 Å². The van der Waals surface area contributed by atoms with Gasteiger partial charge in [-0.2, -0.15) is 0 Å². The minimum atomic E-state index is 0.431. The lowest BCUT2D eigenvalue weighted by Gasteiger charge is -2.36. The molecule has 1 atom stereocenters. The lowest BCUT2D eigenvalue weighted by Crippen LogP contribution is -2.45. The Balaban J connectivity index is 1.85. The topological polar surface area (TPSA) is 15.3 Å². The normalized spacial score (nSPS) is 22.4. The van der Waals surface area contributed by atoms with E-state index in [1.165, 1.54) is 24.8 Å². The minimum absolute atomic E-state index is 0.431. The molecule has 0 radical (unpaired) electrons. The van der Waals surface area contributed by atoms with Crippen LogP contribution in [-0.2, 0) is 0 Å². The van der Waals surface area contributed by atoms with Crippen LogP contribution in [0, 0.1) is 5.92 Å². The summed E-state index contributed by atoms with van der Waals surface area (Å²) in [6.45, 7) is 4.33. The van der Waals surface area contributed by atoms with Crippen LogP contribution in [0.2, 0.25) is 10.0 Å². The molecule has 0 unspecified atom stereocenters. The van der Waals surface area contributed by atoms with Crippen molar-refractivity contribution in [1.82, 2.24) is 10.2 Å². The number of nitrogens with zero attached hydrogens (tertiary/aromatic N) is 1. The van der Waals surface area contributed by atoms with E-state index in [4.69, 9.17) is 23.2 Å². The Morgan fingerprint density at radius 1 is 1.21 bits per heavy atom. The summed E-state index contributed by atoms with van der Waals surface area (Å²) in [4.78, 5) is 2.56. The molecule has 19 heavy (non-hydrogen) atoms. The fraction of sp³-hybridized carbons (Fsp3) is 0.600. The number of halogens is 2. The van der Waals surface area contributed by atoms with E-state index in [-0.39, 0.29) is 0 Å². The maximum atomic E-state index is 6.41. The van der Waals surface area contributed by atoms with Gasteiger partial charge in [0.1, 0.15) is 0 Å². The van der Waals surface area contributed by atoms with Crippen LogP contribution in [0.5, 0.6) is 0 Å². The third-order valence-electron chi connectivity index (χ3n) is 4.16. The van der Waals surface area contributed by atoms with Gasteiger partial charge in [0.15, 0.2) is 0 Å². The van der Waals surface area contributed by atoms with E-state index in [9.17, 15) is 0 Å². The zero-order chi connectivity index (χ0) is 13.2. The van der Waals surface area contributed by atoms with Crippen molar-refractivity contribution in [2.24, 2.45) is 5.92 Å². The molecule has 2 fully saturated rings. The molecule has 0 amide bonds. The zero-order valence-corrected chi connectivity index (χ0v) is 12.6. The van der Waals surface area contributed by atoms with Crippen LogP contribution in [0.3, 0.4) is 0 Å². The molecule has 104 valence electrons. The summed E-state index contributed by atoms with van der Waals surface area (Å²) >= 11 is 12.6. The summed E-state index contributed by atoms with van der Waals surface area (Å²) in [5, 5.41) is 5.06. The number of benzene rings is 1. The summed E-state index contributed by atoms with van der Waals surface area (Å²) in [6.07, 6.45) is 3.97. The van der Waals surface area contributed by atoms with Crippen molar-refractivity contribution in [3.05, 3.63) is 33.8 Å². The minimum Gasteiger partial charge on any atom is -0.314 e. The van der Waals surface area contributed by atoms with Crippen LogP contribution >= 0.6 is 23.2 Å². The van der Waals surface area contributed by atoms with E-state index in [0.29, 0.717) is 6.04 Å². The molecule has 1 aromatic carbocycles. The van der Waals surface area contributed by atoms with Gasteiger partial charge >= 0.3 is 0 Å².